The Kier molecular flexibility index (Phi) is 3.84. The van der Waals surface area contributed by atoms with Gasteiger partial charge in [-0.05, 0) is 38.5 Å². The van der Waals surface area contributed by atoms with Crippen LogP contribution in [0.2, 0.25) is 0 Å². The topological polar surface area (TPSA) is 118 Å². The predicted molar refractivity (Wildman–Crippen MR) is 78.6 cm³/mol. The first-order valence-corrected chi connectivity index (χ1v) is 7.71. The van der Waals surface area contributed by atoms with Gasteiger partial charge in [0.2, 0.25) is 10.0 Å². The number of carbonyl (C=O) groups is 1. The van der Waals surface area contributed by atoms with E-state index in [1.807, 2.05) is 0 Å². The Balaban J connectivity index is 2.40. The number of amides is 1. The van der Waals surface area contributed by atoms with Gasteiger partial charge in [0.1, 0.15) is 0 Å². The van der Waals surface area contributed by atoms with Crippen LogP contribution in [0.3, 0.4) is 0 Å². The summed E-state index contributed by atoms with van der Waals surface area (Å²) in [5, 5.41) is 14.5. The number of anilines is 1. The Morgan fingerprint density at radius 1 is 1.29 bits per heavy atom. The highest BCUT2D eigenvalue weighted by Crippen LogP contribution is 2.23. The molecule has 0 aliphatic heterocycles. The van der Waals surface area contributed by atoms with Crippen LogP contribution in [0.25, 0.3) is 0 Å². The Morgan fingerprint density at radius 2 is 1.95 bits per heavy atom. The van der Waals surface area contributed by atoms with Crippen molar-refractivity contribution in [2.75, 3.05) is 5.32 Å². The average molecular weight is 308 g/mol. The van der Waals surface area contributed by atoms with E-state index in [1.54, 1.807) is 26.8 Å². The Hall–Kier alpha value is -2.19. The van der Waals surface area contributed by atoms with Crippen LogP contribution < -0.4 is 10.5 Å². The smallest absolute Gasteiger partial charge is 0.259 e. The fourth-order valence-electron chi connectivity index (χ4n) is 2.13. The molecule has 21 heavy (non-hydrogen) atoms. The van der Waals surface area contributed by atoms with Gasteiger partial charge in [0, 0.05) is 11.4 Å². The average Bonchev–Trinajstić information content (AvgIpc) is 2.70. The van der Waals surface area contributed by atoms with Crippen LogP contribution in [0.15, 0.2) is 23.1 Å². The van der Waals surface area contributed by atoms with E-state index in [0.717, 1.165) is 0 Å². The number of rotatable bonds is 3. The van der Waals surface area contributed by atoms with Gasteiger partial charge in [0.25, 0.3) is 5.91 Å². The van der Waals surface area contributed by atoms with Crippen LogP contribution in [0, 0.1) is 20.8 Å². The van der Waals surface area contributed by atoms with Crippen molar-refractivity contribution in [2.45, 2.75) is 25.7 Å². The quantitative estimate of drug-likeness (QED) is 0.790. The Morgan fingerprint density at radius 3 is 2.48 bits per heavy atom. The van der Waals surface area contributed by atoms with Crippen molar-refractivity contribution in [3.8, 4) is 0 Å². The van der Waals surface area contributed by atoms with Gasteiger partial charge in [0.15, 0.2) is 0 Å². The number of nitrogens with one attached hydrogen (secondary N) is 2. The molecule has 0 unspecified atom stereocenters. The summed E-state index contributed by atoms with van der Waals surface area (Å²) in [5.41, 5.74) is 2.45. The lowest BCUT2D eigenvalue weighted by molar-refractivity contribution is 0.102. The van der Waals surface area contributed by atoms with Gasteiger partial charge in [-0.25, -0.2) is 13.6 Å². The number of aromatic amines is 1. The molecule has 2 aromatic rings. The maximum absolute atomic E-state index is 12.3. The molecule has 4 N–H and O–H groups in total. The molecule has 112 valence electrons. The summed E-state index contributed by atoms with van der Waals surface area (Å²) in [7, 11) is -3.83. The number of primary sulfonamides is 1. The van der Waals surface area contributed by atoms with Crippen molar-refractivity contribution < 1.29 is 13.2 Å². The molecule has 0 atom stereocenters. The number of benzene rings is 1. The zero-order valence-corrected chi connectivity index (χ0v) is 12.7. The fraction of sp³-hybridized carbons (Fsp3) is 0.231. The lowest BCUT2D eigenvalue weighted by Gasteiger charge is -2.11. The molecule has 1 aromatic heterocycles. The van der Waals surface area contributed by atoms with Gasteiger partial charge in [-0.2, -0.15) is 5.10 Å². The molecule has 1 aromatic carbocycles. The standard InChI is InChI=1S/C13H16N4O3S/c1-7-10(5-4-6-11(7)21(14,19)20)15-13(18)12-8(2)16-17-9(12)3/h4-6H,1-3H3,(H,15,18)(H,16,17)(H2,14,19,20). The molecule has 0 spiro atoms. The van der Waals surface area contributed by atoms with E-state index in [-0.39, 0.29) is 10.8 Å². The van der Waals surface area contributed by atoms with Gasteiger partial charge < -0.3 is 5.32 Å². The van der Waals surface area contributed by atoms with Crippen LogP contribution in [-0.4, -0.2) is 24.5 Å². The van der Waals surface area contributed by atoms with Crippen molar-refractivity contribution in [2.24, 2.45) is 5.14 Å². The lowest BCUT2D eigenvalue weighted by atomic mass is 10.1. The van der Waals surface area contributed by atoms with E-state index in [0.29, 0.717) is 28.2 Å². The van der Waals surface area contributed by atoms with Crippen molar-refractivity contribution in [1.82, 2.24) is 10.2 Å². The van der Waals surface area contributed by atoms with Crippen molar-refractivity contribution in [3.63, 3.8) is 0 Å². The number of hydrogen-bond acceptors (Lipinski definition) is 4. The lowest BCUT2D eigenvalue weighted by Crippen LogP contribution is -2.17. The first-order valence-electron chi connectivity index (χ1n) is 6.17. The molecule has 2 rings (SSSR count). The molecular formula is C13H16N4O3S. The molecule has 0 radical (unpaired) electrons. The molecular weight excluding hydrogens is 292 g/mol. The SMILES string of the molecule is Cc1n[nH]c(C)c1C(=O)Nc1cccc(S(N)(=O)=O)c1C. The minimum absolute atomic E-state index is 0.0130. The number of hydrogen-bond donors (Lipinski definition) is 3. The summed E-state index contributed by atoms with van der Waals surface area (Å²) in [6, 6.07) is 4.54. The zero-order valence-electron chi connectivity index (χ0n) is 11.9. The summed E-state index contributed by atoms with van der Waals surface area (Å²) >= 11 is 0. The summed E-state index contributed by atoms with van der Waals surface area (Å²) in [5.74, 6) is -0.353. The Labute approximate surface area is 122 Å². The van der Waals surface area contributed by atoms with Crippen molar-refractivity contribution >= 4 is 21.6 Å². The molecule has 0 saturated carbocycles. The number of H-pyrrole nitrogens is 1. The molecule has 7 nitrogen and oxygen atoms in total. The van der Waals surface area contributed by atoms with E-state index in [1.165, 1.54) is 12.1 Å². The molecule has 8 heteroatoms. The van der Waals surface area contributed by atoms with E-state index in [2.05, 4.69) is 15.5 Å². The third-order valence-corrected chi connectivity index (χ3v) is 4.25. The minimum Gasteiger partial charge on any atom is -0.322 e. The van der Waals surface area contributed by atoms with E-state index in [9.17, 15) is 13.2 Å². The van der Waals surface area contributed by atoms with Crippen LogP contribution in [0.5, 0.6) is 0 Å². The van der Waals surface area contributed by atoms with E-state index in [4.69, 9.17) is 5.14 Å². The number of aromatic nitrogens is 2. The molecule has 1 heterocycles. The maximum atomic E-state index is 12.3. The zero-order chi connectivity index (χ0) is 15.8. The number of aryl methyl sites for hydroxylation is 2. The van der Waals surface area contributed by atoms with Crippen molar-refractivity contribution in [1.29, 1.82) is 0 Å². The van der Waals surface area contributed by atoms with Gasteiger partial charge in [-0.1, -0.05) is 6.07 Å². The second kappa shape index (κ2) is 5.30. The van der Waals surface area contributed by atoms with Gasteiger partial charge >= 0.3 is 0 Å². The third-order valence-electron chi connectivity index (χ3n) is 3.19. The van der Waals surface area contributed by atoms with Gasteiger partial charge in [-0.3, -0.25) is 9.89 Å². The van der Waals surface area contributed by atoms with Crippen LogP contribution in [0.1, 0.15) is 27.3 Å². The Bertz CT molecular complexity index is 789. The number of sulfonamides is 1. The highest BCUT2D eigenvalue weighted by Gasteiger charge is 2.18. The van der Waals surface area contributed by atoms with Gasteiger partial charge in [0.05, 0.1) is 16.2 Å². The predicted octanol–water partition coefficient (Wildman–Crippen LogP) is 1.23. The molecule has 1 amide bonds. The number of nitrogens with two attached hydrogens (primary N) is 1. The molecule has 0 aliphatic carbocycles. The third kappa shape index (κ3) is 2.96. The summed E-state index contributed by atoms with van der Waals surface area (Å²) in [4.78, 5) is 12.3. The monoisotopic (exact) mass is 308 g/mol. The first kappa shape index (κ1) is 15.2. The summed E-state index contributed by atoms with van der Waals surface area (Å²) < 4.78 is 23.0. The number of carbonyl (C=O) groups excluding carboxylic acids is 1. The van der Waals surface area contributed by atoms with Gasteiger partial charge in [-0.15, -0.1) is 0 Å². The molecule has 0 aliphatic rings. The molecule has 0 bridgehead atoms. The summed E-state index contributed by atoms with van der Waals surface area (Å²) in [6.07, 6.45) is 0. The molecule has 0 fully saturated rings. The fourth-order valence-corrected chi connectivity index (χ4v) is 2.93. The highest BCUT2D eigenvalue weighted by atomic mass is 32.2. The maximum Gasteiger partial charge on any atom is 0.259 e. The van der Waals surface area contributed by atoms with E-state index >= 15 is 0 Å². The largest absolute Gasteiger partial charge is 0.322 e. The van der Waals surface area contributed by atoms with Crippen LogP contribution in [-0.2, 0) is 10.0 Å². The highest BCUT2D eigenvalue weighted by molar-refractivity contribution is 7.89. The van der Waals surface area contributed by atoms with Crippen LogP contribution in [0.4, 0.5) is 5.69 Å². The molecule has 0 saturated heterocycles. The van der Waals surface area contributed by atoms with Crippen molar-refractivity contribution in [3.05, 3.63) is 40.7 Å². The summed E-state index contributed by atoms with van der Waals surface area (Å²) in [6.45, 7) is 5.04. The second-order valence-electron chi connectivity index (χ2n) is 4.74. The van der Waals surface area contributed by atoms with Crippen LogP contribution >= 0.6 is 0 Å². The second-order valence-corrected chi connectivity index (χ2v) is 6.27. The first-order chi connectivity index (χ1) is 9.71. The van der Waals surface area contributed by atoms with E-state index < -0.39 is 10.0 Å². The number of nitrogens with zero attached hydrogens (tertiary/aromatic N) is 1. The normalized spacial score (nSPS) is 11.4. The minimum atomic E-state index is -3.83.